The highest BCUT2D eigenvalue weighted by molar-refractivity contribution is 8.04. The quantitative estimate of drug-likeness (QED) is 0.539. The van der Waals surface area contributed by atoms with Crippen molar-refractivity contribution in [1.82, 2.24) is 5.32 Å². The molecule has 1 atom stereocenters. The van der Waals surface area contributed by atoms with Crippen molar-refractivity contribution < 1.29 is 23.5 Å². The molecule has 0 bridgehead atoms. The van der Waals surface area contributed by atoms with E-state index in [0.717, 1.165) is 0 Å². The zero-order valence-electron chi connectivity index (χ0n) is 16.8. The number of carbonyl (C=O) groups is 1. The Morgan fingerprint density at radius 2 is 2.00 bits per heavy atom. The molecule has 1 aromatic rings. The number of rotatable bonds is 7. The minimum Gasteiger partial charge on any atom is -0.349 e. The Kier molecular flexibility index (Phi) is 11.9. The SMILES string of the molecule is CC.O=C(NC(CCP(=O)(O)O)Cc1cccc(F)c1)/C1=C/C/C=C\C=C/CS1. The van der Waals surface area contributed by atoms with Crippen molar-refractivity contribution in [2.24, 2.45) is 0 Å². The molecule has 1 heterocycles. The zero-order valence-corrected chi connectivity index (χ0v) is 18.5. The first-order chi connectivity index (χ1) is 13.8. The third kappa shape index (κ3) is 11.2. The van der Waals surface area contributed by atoms with Crippen molar-refractivity contribution in [1.29, 1.82) is 0 Å². The largest absolute Gasteiger partial charge is 0.349 e. The smallest absolute Gasteiger partial charge is 0.325 e. The summed E-state index contributed by atoms with van der Waals surface area (Å²) in [5.74, 6) is -0.0165. The third-order valence-corrected chi connectivity index (χ3v) is 5.72. The number of carbonyl (C=O) groups excluding carboxylic acids is 1. The summed E-state index contributed by atoms with van der Waals surface area (Å²) < 4.78 is 24.7. The number of allylic oxidation sites excluding steroid dienone is 4. The molecule has 0 fully saturated rings. The fourth-order valence-corrected chi connectivity index (χ4v) is 4.01. The van der Waals surface area contributed by atoms with Crippen LogP contribution in [0, 0.1) is 5.82 Å². The number of amides is 1. The Morgan fingerprint density at radius 3 is 2.69 bits per heavy atom. The fraction of sp³-hybridized carbons (Fsp3) is 0.381. The molecule has 1 aliphatic rings. The van der Waals surface area contributed by atoms with E-state index in [1.54, 1.807) is 12.1 Å². The van der Waals surface area contributed by atoms with Gasteiger partial charge in [0.15, 0.2) is 0 Å². The van der Waals surface area contributed by atoms with Gasteiger partial charge in [-0.05, 0) is 37.0 Å². The summed E-state index contributed by atoms with van der Waals surface area (Å²) in [6.07, 6.45) is 10.2. The number of nitrogens with one attached hydrogen (secondary N) is 1. The van der Waals surface area contributed by atoms with Crippen LogP contribution in [-0.2, 0) is 15.8 Å². The summed E-state index contributed by atoms with van der Waals surface area (Å²) >= 11 is 1.40. The van der Waals surface area contributed by atoms with Crippen LogP contribution in [0.25, 0.3) is 0 Å². The molecule has 0 spiro atoms. The normalized spacial score (nSPS) is 19.1. The van der Waals surface area contributed by atoms with Crippen LogP contribution in [0.4, 0.5) is 4.39 Å². The average molecular weight is 442 g/mol. The Balaban J connectivity index is 0.00000204. The molecule has 1 unspecified atom stereocenters. The average Bonchev–Trinajstić information content (AvgIpc) is 2.81. The van der Waals surface area contributed by atoms with Gasteiger partial charge in [-0.1, -0.05) is 56.4 Å². The maximum atomic E-state index is 13.4. The van der Waals surface area contributed by atoms with E-state index in [1.165, 1.54) is 23.9 Å². The maximum absolute atomic E-state index is 13.4. The molecular formula is C21H29FNO4PS. The Hall–Kier alpha value is -1.66. The van der Waals surface area contributed by atoms with Crippen LogP contribution in [-0.4, -0.2) is 33.7 Å². The van der Waals surface area contributed by atoms with Gasteiger partial charge in [-0.2, -0.15) is 0 Å². The highest BCUT2D eigenvalue weighted by Gasteiger charge is 2.21. The first-order valence-corrected chi connectivity index (χ1v) is 12.4. The van der Waals surface area contributed by atoms with Gasteiger partial charge in [0.2, 0.25) is 0 Å². The van der Waals surface area contributed by atoms with Crippen molar-refractivity contribution in [2.45, 2.75) is 39.2 Å². The number of thioether (sulfide) groups is 1. The number of hydrogen-bond acceptors (Lipinski definition) is 3. The van der Waals surface area contributed by atoms with E-state index in [-0.39, 0.29) is 24.3 Å². The second kappa shape index (κ2) is 13.5. The topological polar surface area (TPSA) is 86.6 Å². The second-order valence-electron chi connectivity index (χ2n) is 6.15. The summed E-state index contributed by atoms with van der Waals surface area (Å²) in [5.41, 5.74) is 0.660. The molecule has 5 nitrogen and oxygen atoms in total. The monoisotopic (exact) mass is 441 g/mol. The van der Waals surface area contributed by atoms with E-state index in [0.29, 0.717) is 29.1 Å². The minimum atomic E-state index is -4.19. The lowest BCUT2D eigenvalue weighted by atomic mass is 10.0. The van der Waals surface area contributed by atoms with Gasteiger partial charge in [0.25, 0.3) is 5.91 Å². The predicted molar refractivity (Wildman–Crippen MR) is 118 cm³/mol. The first-order valence-electron chi connectivity index (χ1n) is 9.58. The molecule has 8 heteroatoms. The van der Waals surface area contributed by atoms with Gasteiger partial charge < -0.3 is 15.1 Å². The molecule has 0 saturated carbocycles. The summed E-state index contributed by atoms with van der Waals surface area (Å²) in [7, 11) is -4.19. The molecule has 1 aromatic carbocycles. The highest BCUT2D eigenvalue weighted by Crippen LogP contribution is 2.35. The Morgan fingerprint density at radius 1 is 1.28 bits per heavy atom. The van der Waals surface area contributed by atoms with E-state index in [4.69, 9.17) is 9.79 Å². The molecule has 1 amide bonds. The van der Waals surface area contributed by atoms with Crippen LogP contribution < -0.4 is 5.32 Å². The number of benzene rings is 1. The predicted octanol–water partition coefficient (Wildman–Crippen LogP) is 4.58. The summed E-state index contributed by atoms with van der Waals surface area (Å²) in [6, 6.07) is 5.48. The van der Waals surface area contributed by atoms with Crippen LogP contribution >= 0.6 is 19.4 Å². The molecule has 0 saturated heterocycles. The van der Waals surface area contributed by atoms with E-state index in [1.807, 2.05) is 44.2 Å². The van der Waals surface area contributed by atoms with Gasteiger partial charge in [0, 0.05) is 11.8 Å². The van der Waals surface area contributed by atoms with Gasteiger partial charge in [0.1, 0.15) is 5.82 Å². The lowest BCUT2D eigenvalue weighted by Gasteiger charge is -2.20. The molecule has 0 aromatic heterocycles. The van der Waals surface area contributed by atoms with Crippen LogP contribution in [0.5, 0.6) is 0 Å². The minimum absolute atomic E-state index is 0.101. The lowest BCUT2D eigenvalue weighted by molar-refractivity contribution is -0.117. The number of hydrogen-bond donors (Lipinski definition) is 3. The van der Waals surface area contributed by atoms with Gasteiger partial charge >= 0.3 is 7.60 Å². The molecule has 160 valence electrons. The summed E-state index contributed by atoms with van der Waals surface area (Å²) in [4.78, 5) is 31.5. The van der Waals surface area contributed by atoms with E-state index < -0.39 is 13.6 Å². The Labute approximate surface area is 176 Å². The standard InChI is InChI=1S/C19H23FNO4PS.C2H6/c20-16-8-6-7-15(13-16)14-17(10-11-26(23,24)25)21-19(22)18-9-4-2-1-3-5-12-27-18;1-2/h1-3,5-9,13,17H,4,10-12,14H2,(H,21,22)(H2,23,24,25);1-2H3/b2-1-,5-3-,18-9-;. The van der Waals surface area contributed by atoms with Crippen molar-refractivity contribution >= 4 is 25.3 Å². The van der Waals surface area contributed by atoms with E-state index in [9.17, 15) is 13.8 Å². The Bertz CT molecular complexity index is 789. The van der Waals surface area contributed by atoms with Crippen LogP contribution in [0.1, 0.15) is 32.3 Å². The zero-order chi connectivity index (χ0) is 21.7. The van der Waals surface area contributed by atoms with Gasteiger partial charge in [0.05, 0.1) is 11.1 Å². The third-order valence-electron chi connectivity index (χ3n) is 3.86. The molecule has 0 aliphatic carbocycles. The first kappa shape index (κ1) is 25.4. The molecule has 2 rings (SSSR count). The van der Waals surface area contributed by atoms with Gasteiger partial charge in [-0.25, -0.2) is 4.39 Å². The van der Waals surface area contributed by atoms with Crippen molar-refractivity contribution in [3.8, 4) is 0 Å². The van der Waals surface area contributed by atoms with E-state index >= 15 is 0 Å². The molecule has 3 N–H and O–H groups in total. The van der Waals surface area contributed by atoms with Crippen molar-refractivity contribution in [3.05, 3.63) is 70.9 Å². The summed E-state index contributed by atoms with van der Waals surface area (Å²) in [6.45, 7) is 4.00. The van der Waals surface area contributed by atoms with Crippen molar-refractivity contribution in [2.75, 3.05) is 11.9 Å². The van der Waals surface area contributed by atoms with Crippen LogP contribution in [0.3, 0.4) is 0 Å². The molecule has 1 aliphatic heterocycles. The number of halogens is 1. The fourth-order valence-electron chi connectivity index (χ4n) is 2.58. The molecular weight excluding hydrogens is 412 g/mol. The maximum Gasteiger partial charge on any atom is 0.325 e. The molecule has 29 heavy (non-hydrogen) atoms. The molecule has 0 radical (unpaired) electrons. The highest BCUT2D eigenvalue weighted by atomic mass is 32.2. The van der Waals surface area contributed by atoms with E-state index in [2.05, 4.69) is 5.32 Å². The van der Waals surface area contributed by atoms with Crippen LogP contribution in [0.15, 0.2) is 59.6 Å². The lowest BCUT2D eigenvalue weighted by Crippen LogP contribution is -2.37. The van der Waals surface area contributed by atoms with Gasteiger partial charge in [-0.3, -0.25) is 9.36 Å². The van der Waals surface area contributed by atoms with Crippen LogP contribution in [0.2, 0.25) is 0 Å². The second-order valence-corrected chi connectivity index (χ2v) is 8.99. The summed E-state index contributed by atoms with van der Waals surface area (Å²) in [5, 5.41) is 2.85. The van der Waals surface area contributed by atoms with Gasteiger partial charge in [-0.15, -0.1) is 11.8 Å². The van der Waals surface area contributed by atoms with Crippen molar-refractivity contribution in [3.63, 3.8) is 0 Å².